The second-order valence-electron chi connectivity index (χ2n) is 5.73. The van der Waals surface area contributed by atoms with Gasteiger partial charge < -0.3 is 9.73 Å². The number of fused-ring (bicyclic) bond motifs is 1. The average Bonchev–Trinajstić information content (AvgIpc) is 3.05. The van der Waals surface area contributed by atoms with Crippen LogP contribution >= 0.6 is 43.2 Å². The molecule has 1 N–H and O–H groups in total. The van der Waals surface area contributed by atoms with Crippen molar-refractivity contribution in [2.45, 2.75) is 6.92 Å². The summed E-state index contributed by atoms with van der Waals surface area (Å²) in [5.41, 5.74) is 3.27. The molecule has 0 radical (unpaired) electrons. The van der Waals surface area contributed by atoms with Crippen LogP contribution in [0.4, 0.5) is 10.8 Å². The number of aryl methyl sites for hydroxylation is 1. The first-order valence-corrected chi connectivity index (χ1v) is 10.2. The SMILES string of the molecule is Cc1ccccc1Nc1nc(-c2cc3cc(Br)cc(Br)c3oc2=O)cs1. The van der Waals surface area contributed by atoms with E-state index in [1.54, 1.807) is 0 Å². The quantitative estimate of drug-likeness (QED) is 0.332. The number of anilines is 2. The molecule has 0 amide bonds. The topological polar surface area (TPSA) is 55.1 Å². The number of halogens is 2. The molecule has 0 spiro atoms. The molecule has 7 heteroatoms. The lowest BCUT2D eigenvalue weighted by atomic mass is 10.1. The predicted octanol–water partition coefficient (Wildman–Crippen LogP) is 6.49. The third kappa shape index (κ3) is 3.34. The van der Waals surface area contributed by atoms with Crippen molar-refractivity contribution in [1.29, 1.82) is 0 Å². The van der Waals surface area contributed by atoms with Crippen LogP contribution < -0.4 is 10.9 Å². The Balaban J connectivity index is 1.74. The molecule has 2 aromatic heterocycles. The van der Waals surface area contributed by atoms with Crippen molar-refractivity contribution in [3.8, 4) is 11.3 Å². The van der Waals surface area contributed by atoms with Gasteiger partial charge in [-0.15, -0.1) is 11.3 Å². The lowest BCUT2D eigenvalue weighted by Gasteiger charge is -2.05. The molecule has 130 valence electrons. The Kier molecular flexibility index (Phi) is 4.69. The van der Waals surface area contributed by atoms with E-state index in [1.165, 1.54) is 11.3 Å². The Bertz CT molecular complexity index is 1180. The summed E-state index contributed by atoms with van der Waals surface area (Å²) in [7, 11) is 0. The van der Waals surface area contributed by atoms with Gasteiger partial charge in [0.25, 0.3) is 0 Å². The fraction of sp³-hybridized carbons (Fsp3) is 0.0526. The molecule has 0 aliphatic heterocycles. The van der Waals surface area contributed by atoms with Crippen molar-refractivity contribution in [1.82, 2.24) is 4.98 Å². The smallest absolute Gasteiger partial charge is 0.345 e. The zero-order valence-corrected chi connectivity index (χ0v) is 17.5. The van der Waals surface area contributed by atoms with Crippen LogP contribution in [0.25, 0.3) is 22.2 Å². The van der Waals surface area contributed by atoms with Gasteiger partial charge in [-0.25, -0.2) is 9.78 Å². The van der Waals surface area contributed by atoms with E-state index < -0.39 is 5.63 Å². The predicted molar refractivity (Wildman–Crippen MR) is 113 cm³/mol. The molecule has 4 aromatic rings. The number of benzene rings is 2. The van der Waals surface area contributed by atoms with Gasteiger partial charge >= 0.3 is 5.63 Å². The molecular formula is C19H12Br2N2O2S. The van der Waals surface area contributed by atoms with E-state index in [0.29, 0.717) is 16.8 Å². The Hall–Kier alpha value is -1.96. The maximum atomic E-state index is 12.4. The molecule has 4 rings (SSSR count). The lowest BCUT2D eigenvalue weighted by molar-refractivity contribution is 0.561. The molecule has 0 bridgehead atoms. The van der Waals surface area contributed by atoms with E-state index in [4.69, 9.17) is 4.42 Å². The van der Waals surface area contributed by atoms with E-state index in [1.807, 2.05) is 54.8 Å². The van der Waals surface area contributed by atoms with Crippen LogP contribution in [0.3, 0.4) is 0 Å². The first-order valence-electron chi connectivity index (χ1n) is 7.73. The van der Waals surface area contributed by atoms with Gasteiger partial charge in [-0.1, -0.05) is 34.1 Å². The van der Waals surface area contributed by atoms with Crippen molar-refractivity contribution >= 4 is 65.0 Å². The van der Waals surface area contributed by atoms with Crippen molar-refractivity contribution in [2.75, 3.05) is 5.32 Å². The highest BCUT2D eigenvalue weighted by molar-refractivity contribution is 9.11. The molecule has 2 heterocycles. The molecule has 0 atom stereocenters. The van der Waals surface area contributed by atoms with Crippen molar-refractivity contribution < 1.29 is 4.42 Å². The van der Waals surface area contributed by atoms with Crippen LogP contribution in [-0.2, 0) is 0 Å². The normalized spacial score (nSPS) is 11.0. The van der Waals surface area contributed by atoms with Crippen molar-refractivity contribution in [2.24, 2.45) is 0 Å². The number of nitrogens with zero attached hydrogens (tertiary/aromatic N) is 1. The number of nitrogens with one attached hydrogen (secondary N) is 1. The minimum atomic E-state index is -0.409. The lowest BCUT2D eigenvalue weighted by Crippen LogP contribution is -2.03. The van der Waals surface area contributed by atoms with Gasteiger partial charge in [-0.2, -0.15) is 0 Å². The molecular weight excluding hydrogens is 480 g/mol. The molecule has 0 fully saturated rings. The number of para-hydroxylation sites is 1. The summed E-state index contributed by atoms with van der Waals surface area (Å²) in [6.07, 6.45) is 0. The Labute approximate surface area is 170 Å². The summed E-state index contributed by atoms with van der Waals surface area (Å²) in [4.78, 5) is 17.0. The van der Waals surface area contributed by atoms with Crippen molar-refractivity contribution in [3.05, 3.63) is 72.8 Å². The Morgan fingerprint density at radius 3 is 2.77 bits per heavy atom. The molecule has 26 heavy (non-hydrogen) atoms. The first kappa shape index (κ1) is 17.5. The number of thiazole rings is 1. The zero-order chi connectivity index (χ0) is 18.3. The van der Waals surface area contributed by atoms with Crippen molar-refractivity contribution in [3.63, 3.8) is 0 Å². The Morgan fingerprint density at radius 2 is 1.96 bits per heavy atom. The number of hydrogen-bond donors (Lipinski definition) is 1. The largest absolute Gasteiger partial charge is 0.421 e. The summed E-state index contributed by atoms with van der Waals surface area (Å²) in [5, 5.41) is 6.70. The van der Waals surface area contributed by atoms with Crippen LogP contribution in [0.1, 0.15) is 5.56 Å². The zero-order valence-electron chi connectivity index (χ0n) is 13.5. The van der Waals surface area contributed by atoms with Crippen LogP contribution in [0.5, 0.6) is 0 Å². The van der Waals surface area contributed by atoms with E-state index in [0.717, 1.165) is 30.7 Å². The highest BCUT2D eigenvalue weighted by Gasteiger charge is 2.14. The minimum absolute atomic E-state index is 0.409. The molecule has 0 aliphatic carbocycles. The van der Waals surface area contributed by atoms with Crippen LogP contribution in [0.15, 0.2) is 66.0 Å². The van der Waals surface area contributed by atoms with Gasteiger partial charge in [0.2, 0.25) is 0 Å². The highest BCUT2D eigenvalue weighted by atomic mass is 79.9. The van der Waals surface area contributed by atoms with E-state index in [9.17, 15) is 4.79 Å². The maximum Gasteiger partial charge on any atom is 0.345 e. The average molecular weight is 492 g/mol. The second kappa shape index (κ2) is 6.98. The standard InChI is InChI=1S/C19H12Br2N2O2S/c1-10-4-2-3-5-15(10)22-19-23-16(9-26-19)13-7-11-6-12(20)8-14(21)17(11)25-18(13)24/h2-9H,1H3,(H,22,23). The first-order chi connectivity index (χ1) is 12.5. The van der Waals surface area contributed by atoms with E-state index in [-0.39, 0.29) is 0 Å². The number of hydrogen-bond acceptors (Lipinski definition) is 5. The molecule has 0 saturated heterocycles. The van der Waals surface area contributed by atoms with E-state index in [2.05, 4.69) is 42.2 Å². The van der Waals surface area contributed by atoms with Gasteiger partial charge in [-0.3, -0.25) is 0 Å². The summed E-state index contributed by atoms with van der Waals surface area (Å²) in [6.45, 7) is 2.03. The van der Waals surface area contributed by atoms with Crippen LogP contribution in [-0.4, -0.2) is 4.98 Å². The summed E-state index contributed by atoms with van der Waals surface area (Å²) >= 11 is 8.33. The fourth-order valence-electron chi connectivity index (χ4n) is 2.62. The van der Waals surface area contributed by atoms with Gasteiger partial charge in [0.15, 0.2) is 10.7 Å². The van der Waals surface area contributed by atoms with Gasteiger partial charge in [0.1, 0.15) is 0 Å². The molecule has 0 saturated carbocycles. The molecule has 2 aromatic carbocycles. The third-order valence-electron chi connectivity index (χ3n) is 3.92. The fourth-order valence-corrected chi connectivity index (χ4v) is 4.68. The van der Waals surface area contributed by atoms with Gasteiger partial charge in [-0.05, 0) is 52.7 Å². The summed E-state index contributed by atoms with van der Waals surface area (Å²) in [6, 6.07) is 13.6. The summed E-state index contributed by atoms with van der Waals surface area (Å²) in [5.74, 6) is 0. The second-order valence-corrected chi connectivity index (χ2v) is 8.36. The van der Waals surface area contributed by atoms with Crippen LogP contribution in [0, 0.1) is 6.92 Å². The molecule has 0 unspecified atom stereocenters. The Morgan fingerprint density at radius 1 is 1.15 bits per heavy atom. The number of rotatable bonds is 3. The molecule has 0 aliphatic rings. The molecule has 4 nitrogen and oxygen atoms in total. The van der Waals surface area contributed by atoms with E-state index >= 15 is 0 Å². The summed E-state index contributed by atoms with van der Waals surface area (Å²) < 4.78 is 7.13. The third-order valence-corrected chi connectivity index (χ3v) is 5.72. The minimum Gasteiger partial charge on any atom is -0.421 e. The maximum absolute atomic E-state index is 12.4. The highest BCUT2D eigenvalue weighted by Crippen LogP contribution is 2.31. The number of aromatic nitrogens is 1. The van der Waals surface area contributed by atoms with Crippen LogP contribution in [0.2, 0.25) is 0 Å². The van der Waals surface area contributed by atoms with Gasteiger partial charge in [0.05, 0.1) is 15.7 Å². The monoisotopic (exact) mass is 490 g/mol. The van der Waals surface area contributed by atoms with Gasteiger partial charge in [0, 0.05) is 20.9 Å².